The van der Waals surface area contributed by atoms with Gasteiger partial charge >= 0.3 is 0 Å². The lowest BCUT2D eigenvalue weighted by Crippen LogP contribution is -2.38. The summed E-state index contributed by atoms with van der Waals surface area (Å²) in [7, 11) is 1.56. The van der Waals surface area contributed by atoms with Crippen LogP contribution in [0.15, 0.2) is 30.3 Å². The van der Waals surface area contributed by atoms with Gasteiger partial charge in [0.2, 0.25) is 11.8 Å². The second-order valence-corrected chi connectivity index (χ2v) is 3.54. The number of rotatable bonds is 6. The van der Waals surface area contributed by atoms with Gasteiger partial charge in [-0.3, -0.25) is 14.9 Å². The lowest BCUT2D eigenvalue weighted by atomic mass is 10.2. The summed E-state index contributed by atoms with van der Waals surface area (Å²) in [4.78, 5) is 22.2. The van der Waals surface area contributed by atoms with Crippen LogP contribution < -0.4 is 16.0 Å². The third kappa shape index (κ3) is 5.67. The Hall–Kier alpha value is -1.88. The highest BCUT2D eigenvalue weighted by Crippen LogP contribution is 1.96. The molecule has 5 nitrogen and oxygen atoms in total. The number of carbonyl (C=O) groups is 2. The summed E-state index contributed by atoms with van der Waals surface area (Å²) in [6.07, 6.45) is 0. The maximum absolute atomic E-state index is 11.4. The van der Waals surface area contributed by atoms with E-state index in [1.54, 1.807) is 7.05 Å². The predicted molar refractivity (Wildman–Crippen MR) is 65.2 cm³/mol. The van der Waals surface area contributed by atoms with Crippen molar-refractivity contribution in [3.05, 3.63) is 35.9 Å². The molecule has 0 fully saturated rings. The van der Waals surface area contributed by atoms with Crippen LogP contribution in [0.3, 0.4) is 0 Å². The third-order valence-electron chi connectivity index (χ3n) is 2.18. The zero-order valence-electron chi connectivity index (χ0n) is 9.82. The molecule has 0 aliphatic rings. The first-order chi connectivity index (χ1) is 8.22. The van der Waals surface area contributed by atoms with Crippen LogP contribution in [0.2, 0.25) is 0 Å². The largest absolute Gasteiger partial charge is 0.358 e. The molecule has 1 aromatic carbocycles. The normalized spacial score (nSPS) is 9.71. The van der Waals surface area contributed by atoms with E-state index in [1.165, 1.54) is 0 Å². The van der Waals surface area contributed by atoms with Crippen molar-refractivity contribution in [3.63, 3.8) is 0 Å². The lowest BCUT2D eigenvalue weighted by molar-refractivity contribution is -0.121. The van der Waals surface area contributed by atoms with Gasteiger partial charge in [0.05, 0.1) is 13.1 Å². The van der Waals surface area contributed by atoms with Crippen molar-refractivity contribution in [3.8, 4) is 0 Å². The van der Waals surface area contributed by atoms with Gasteiger partial charge in [0, 0.05) is 13.6 Å². The fourth-order valence-corrected chi connectivity index (χ4v) is 1.24. The number of benzene rings is 1. The van der Waals surface area contributed by atoms with Gasteiger partial charge in [0.1, 0.15) is 0 Å². The average molecular weight is 235 g/mol. The van der Waals surface area contributed by atoms with Crippen LogP contribution in [0.4, 0.5) is 0 Å². The smallest absolute Gasteiger partial charge is 0.234 e. The average Bonchev–Trinajstić information content (AvgIpc) is 2.37. The van der Waals surface area contributed by atoms with E-state index in [4.69, 9.17) is 0 Å². The van der Waals surface area contributed by atoms with Gasteiger partial charge in [0.15, 0.2) is 0 Å². The quantitative estimate of drug-likeness (QED) is 0.630. The Kier molecular flexibility index (Phi) is 5.74. The first-order valence-corrected chi connectivity index (χ1v) is 5.44. The van der Waals surface area contributed by atoms with Gasteiger partial charge in [-0.1, -0.05) is 30.3 Å². The highest BCUT2D eigenvalue weighted by Gasteiger charge is 2.02. The molecule has 0 aliphatic carbocycles. The van der Waals surface area contributed by atoms with E-state index in [0.717, 1.165) is 5.56 Å². The van der Waals surface area contributed by atoms with Crippen LogP contribution >= 0.6 is 0 Å². The first kappa shape index (κ1) is 13.2. The predicted octanol–water partition coefficient (Wildman–Crippen LogP) is -0.362. The second-order valence-electron chi connectivity index (χ2n) is 3.54. The fraction of sp³-hybridized carbons (Fsp3) is 0.333. The van der Waals surface area contributed by atoms with Crippen LogP contribution in [0.25, 0.3) is 0 Å². The Labute approximate surface area is 101 Å². The van der Waals surface area contributed by atoms with Crippen molar-refractivity contribution >= 4 is 11.8 Å². The topological polar surface area (TPSA) is 70.2 Å². The molecule has 0 bridgehead atoms. The van der Waals surface area contributed by atoms with Gasteiger partial charge < -0.3 is 10.6 Å². The summed E-state index contributed by atoms with van der Waals surface area (Å²) in [6.45, 7) is 0.789. The molecule has 1 aromatic rings. The maximum Gasteiger partial charge on any atom is 0.234 e. The third-order valence-corrected chi connectivity index (χ3v) is 2.18. The second kappa shape index (κ2) is 7.40. The molecule has 92 valence electrons. The van der Waals surface area contributed by atoms with Crippen LogP contribution in [-0.2, 0) is 16.1 Å². The van der Waals surface area contributed by atoms with E-state index < -0.39 is 0 Å². The van der Waals surface area contributed by atoms with E-state index in [1.807, 2.05) is 30.3 Å². The van der Waals surface area contributed by atoms with Gasteiger partial charge in [-0.2, -0.15) is 0 Å². The minimum absolute atomic E-state index is 0.127. The van der Waals surface area contributed by atoms with E-state index >= 15 is 0 Å². The summed E-state index contributed by atoms with van der Waals surface area (Å²) in [5, 5.41) is 7.97. The molecule has 5 heteroatoms. The molecule has 1 rings (SSSR count). The van der Waals surface area contributed by atoms with Gasteiger partial charge in [-0.15, -0.1) is 0 Å². The zero-order valence-corrected chi connectivity index (χ0v) is 9.82. The Morgan fingerprint density at radius 1 is 1.06 bits per heavy atom. The maximum atomic E-state index is 11.4. The number of hydrogen-bond acceptors (Lipinski definition) is 3. The standard InChI is InChI=1S/C12H17N3O2/c1-13-11(16)8-14-9-12(17)15-7-10-5-3-2-4-6-10/h2-6,14H,7-9H2,1H3,(H,13,16)(H,15,17). The SMILES string of the molecule is CNC(=O)CNCC(=O)NCc1ccccc1. The highest BCUT2D eigenvalue weighted by atomic mass is 16.2. The number of carbonyl (C=O) groups excluding carboxylic acids is 2. The van der Waals surface area contributed by atoms with Crippen LogP contribution in [-0.4, -0.2) is 32.0 Å². The van der Waals surface area contributed by atoms with Gasteiger partial charge in [-0.05, 0) is 5.56 Å². The van der Waals surface area contributed by atoms with Gasteiger partial charge in [-0.25, -0.2) is 0 Å². The Bertz CT molecular complexity index is 365. The van der Waals surface area contributed by atoms with Crippen molar-refractivity contribution in [1.29, 1.82) is 0 Å². The highest BCUT2D eigenvalue weighted by molar-refractivity contribution is 5.80. The van der Waals surface area contributed by atoms with Crippen LogP contribution in [0.1, 0.15) is 5.56 Å². The van der Waals surface area contributed by atoms with Gasteiger partial charge in [0.25, 0.3) is 0 Å². The molecule has 0 aliphatic heterocycles. The summed E-state index contributed by atoms with van der Waals surface area (Å²) >= 11 is 0. The minimum Gasteiger partial charge on any atom is -0.358 e. The summed E-state index contributed by atoms with van der Waals surface area (Å²) in [6, 6.07) is 9.66. The lowest BCUT2D eigenvalue weighted by Gasteiger charge is -2.06. The molecule has 0 spiro atoms. The minimum atomic E-state index is -0.138. The molecule has 0 aromatic heterocycles. The molecular formula is C12H17N3O2. The van der Waals surface area contributed by atoms with E-state index in [0.29, 0.717) is 6.54 Å². The fourth-order valence-electron chi connectivity index (χ4n) is 1.24. The monoisotopic (exact) mass is 235 g/mol. The molecular weight excluding hydrogens is 218 g/mol. The van der Waals surface area contributed by atoms with Crippen LogP contribution in [0, 0.1) is 0 Å². The number of amides is 2. The van der Waals surface area contributed by atoms with Crippen molar-refractivity contribution in [2.75, 3.05) is 20.1 Å². The summed E-state index contributed by atoms with van der Waals surface area (Å²) in [5.41, 5.74) is 1.05. The van der Waals surface area contributed by atoms with Crippen molar-refractivity contribution < 1.29 is 9.59 Å². The molecule has 2 amide bonds. The summed E-state index contributed by atoms with van der Waals surface area (Å²) in [5.74, 6) is -0.265. The first-order valence-electron chi connectivity index (χ1n) is 5.44. The van der Waals surface area contributed by atoms with E-state index in [9.17, 15) is 9.59 Å². The molecule has 0 radical (unpaired) electrons. The molecule has 0 saturated heterocycles. The van der Waals surface area contributed by atoms with Crippen LogP contribution in [0.5, 0.6) is 0 Å². The Balaban J connectivity index is 2.16. The molecule has 0 atom stereocenters. The van der Waals surface area contributed by atoms with Crippen molar-refractivity contribution in [2.24, 2.45) is 0 Å². The summed E-state index contributed by atoms with van der Waals surface area (Å²) < 4.78 is 0. The van der Waals surface area contributed by atoms with E-state index in [-0.39, 0.29) is 24.9 Å². The molecule has 0 saturated carbocycles. The molecule has 3 N–H and O–H groups in total. The van der Waals surface area contributed by atoms with Crippen molar-refractivity contribution in [2.45, 2.75) is 6.54 Å². The number of likely N-dealkylation sites (N-methyl/N-ethyl adjacent to an activating group) is 1. The molecule has 0 heterocycles. The number of nitrogens with one attached hydrogen (secondary N) is 3. The Morgan fingerprint density at radius 2 is 1.71 bits per heavy atom. The number of hydrogen-bond donors (Lipinski definition) is 3. The Morgan fingerprint density at radius 3 is 2.35 bits per heavy atom. The van der Waals surface area contributed by atoms with Crippen molar-refractivity contribution in [1.82, 2.24) is 16.0 Å². The molecule has 0 unspecified atom stereocenters. The van der Waals surface area contributed by atoms with E-state index in [2.05, 4.69) is 16.0 Å². The zero-order chi connectivity index (χ0) is 12.5. The molecule has 17 heavy (non-hydrogen) atoms.